The largest absolute Gasteiger partial charge is 0.294 e. The first kappa shape index (κ1) is 11.4. The summed E-state index contributed by atoms with van der Waals surface area (Å²) >= 11 is 1.77. The van der Waals surface area contributed by atoms with Gasteiger partial charge in [-0.15, -0.1) is 11.3 Å². The Labute approximate surface area is 90.2 Å². The van der Waals surface area contributed by atoms with Gasteiger partial charge in [-0.3, -0.25) is 4.79 Å². The van der Waals surface area contributed by atoms with E-state index in [1.54, 1.807) is 18.3 Å². The van der Waals surface area contributed by atoms with Crippen LogP contribution in [0.2, 0.25) is 0 Å². The summed E-state index contributed by atoms with van der Waals surface area (Å²) in [5.74, 6) is 0.189. The molecule has 0 bridgehead atoms. The lowest BCUT2D eigenvalue weighted by molar-refractivity contribution is 0.101. The van der Waals surface area contributed by atoms with Crippen LogP contribution in [0.4, 0.5) is 0 Å². The molecular formula is C12H18OS. The second-order valence-electron chi connectivity index (χ2n) is 4.61. The third-order valence-corrected chi connectivity index (χ3v) is 3.95. The normalized spacial score (nSPS) is 11.8. The van der Waals surface area contributed by atoms with Crippen molar-refractivity contribution in [2.75, 3.05) is 0 Å². The zero-order valence-electron chi connectivity index (χ0n) is 9.60. The number of rotatable bonds is 2. The minimum Gasteiger partial charge on any atom is -0.294 e. The van der Waals surface area contributed by atoms with E-state index in [4.69, 9.17) is 0 Å². The standard InChI is InChI=1S/C12H18OS/c1-6-10-9(8(2)13)7-11(14-10)12(3,4)5/h7H,6H2,1-5H3. The van der Waals surface area contributed by atoms with E-state index in [1.807, 2.05) is 0 Å². The van der Waals surface area contributed by atoms with Crippen LogP contribution in [-0.4, -0.2) is 5.78 Å². The van der Waals surface area contributed by atoms with Crippen LogP contribution in [0.5, 0.6) is 0 Å². The summed E-state index contributed by atoms with van der Waals surface area (Å²) in [6.07, 6.45) is 0.954. The van der Waals surface area contributed by atoms with Crippen molar-refractivity contribution < 1.29 is 4.79 Å². The number of aryl methyl sites for hydroxylation is 1. The number of carbonyl (C=O) groups excluding carboxylic acids is 1. The Hall–Kier alpha value is -0.630. The van der Waals surface area contributed by atoms with Crippen molar-refractivity contribution in [3.05, 3.63) is 21.4 Å². The highest BCUT2D eigenvalue weighted by Gasteiger charge is 2.20. The first-order valence-corrected chi connectivity index (χ1v) is 5.82. The second kappa shape index (κ2) is 3.85. The minimum atomic E-state index is 0.155. The number of carbonyl (C=O) groups is 1. The van der Waals surface area contributed by atoms with Crippen LogP contribution < -0.4 is 0 Å². The predicted molar refractivity (Wildman–Crippen MR) is 62.4 cm³/mol. The van der Waals surface area contributed by atoms with Crippen LogP contribution in [-0.2, 0) is 11.8 Å². The molecule has 1 nitrogen and oxygen atoms in total. The molecule has 0 saturated carbocycles. The maximum atomic E-state index is 11.4. The Morgan fingerprint density at radius 1 is 1.43 bits per heavy atom. The molecule has 2 heteroatoms. The van der Waals surface area contributed by atoms with Gasteiger partial charge in [0.1, 0.15) is 0 Å². The monoisotopic (exact) mass is 210 g/mol. The number of hydrogen-bond acceptors (Lipinski definition) is 2. The van der Waals surface area contributed by atoms with Gasteiger partial charge >= 0.3 is 0 Å². The molecule has 0 aromatic carbocycles. The highest BCUT2D eigenvalue weighted by Crippen LogP contribution is 2.32. The van der Waals surface area contributed by atoms with E-state index in [2.05, 4.69) is 33.8 Å². The SMILES string of the molecule is CCc1sc(C(C)(C)C)cc1C(C)=O. The average Bonchev–Trinajstić information content (AvgIpc) is 2.45. The topological polar surface area (TPSA) is 17.1 Å². The lowest BCUT2D eigenvalue weighted by Gasteiger charge is -2.15. The Kier molecular flexibility index (Phi) is 3.15. The molecule has 0 saturated heterocycles. The van der Waals surface area contributed by atoms with Crippen LogP contribution in [0.3, 0.4) is 0 Å². The molecule has 1 aromatic heterocycles. The molecule has 0 aliphatic rings. The van der Waals surface area contributed by atoms with E-state index in [9.17, 15) is 4.79 Å². The van der Waals surface area contributed by atoms with E-state index < -0.39 is 0 Å². The molecule has 0 aliphatic carbocycles. The van der Waals surface area contributed by atoms with Crippen molar-refractivity contribution >= 4 is 17.1 Å². The first-order chi connectivity index (χ1) is 6.36. The highest BCUT2D eigenvalue weighted by atomic mass is 32.1. The van der Waals surface area contributed by atoms with Gasteiger partial charge in [0.2, 0.25) is 0 Å². The van der Waals surface area contributed by atoms with Crippen LogP contribution in [0, 0.1) is 0 Å². The van der Waals surface area contributed by atoms with Crippen molar-refractivity contribution in [2.24, 2.45) is 0 Å². The number of ketones is 1. The van der Waals surface area contributed by atoms with E-state index in [0.717, 1.165) is 12.0 Å². The lowest BCUT2D eigenvalue weighted by Crippen LogP contribution is -2.08. The maximum Gasteiger partial charge on any atom is 0.160 e. The third-order valence-electron chi connectivity index (χ3n) is 2.25. The van der Waals surface area contributed by atoms with Gasteiger partial charge in [0.05, 0.1) is 0 Å². The molecule has 1 aromatic rings. The van der Waals surface area contributed by atoms with E-state index in [1.165, 1.54) is 9.75 Å². The summed E-state index contributed by atoms with van der Waals surface area (Å²) < 4.78 is 0. The summed E-state index contributed by atoms with van der Waals surface area (Å²) in [5, 5.41) is 0. The molecule has 78 valence electrons. The Morgan fingerprint density at radius 3 is 2.29 bits per heavy atom. The molecule has 1 heterocycles. The Balaban J connectivity index is 3.20. The predicted octanol–water partition coefficient (Wildman–Crippen LogP) is 3.81. The number of thiophene rings is 1. The molecule has 0 unspecified atom stereocenters. The summed E-state index contributed by atoms with van der Waals surface area (Å²) in [6, 6.07) is 2.06. The quantitative estimate of drug-likeness (QED) is 0.678. The van der Waals surface area contributed by atoms with Crippen LogP contribution in [0.15, 0.2) is 6.07 Å². The van der Waals surface area contributed by atoms with Crippen molar-refractivity contribution in [3.63, 3.8) is 0 Å². The van der Waals surface area contributed by atoms with E-state index in [0.29, 0.717) is 0 Å². The van der Waals surface area contributed by atoms with Gasteiger partial charge in [0.15, 0.2) is 5.78 Å². The smallest absolute Gasteiger partial charge is 0.160 e. The maximum absolute atomic E-state index is 11.4. The van der Waals surface area contributed by atoms with E-state index in [-0.39, 0.29) is 11.2 Å². The zero-order chi connectivity index (χ0) is 10.9. The lowest BCUT2D eigenvalue weighted by atomic mass is 9.93. The van der Waals surface area contributed by atoms with Gasteiger partial charge in [-0.1, -0.05) is 27.7 Å². The fourth-order valence-electron chi connectivity index (χ4n) is 1.36. The summed E-state index contributed by atoms with van der Waals surface area (Å²) in [5.41, 5.74) is 1.07. The number of Topliss-reactive ketones (excluding diaryl/α,β-unsaturated/α-hetero) is 1. The van der Waals surface area contributed by atoms with Crippen molar-refractivity contribution in [1.82, 2.24) is 0 Å². The summed E-state index contributed by atoms with van der Waals surface area (Å²) in [7, 11) is 0. The number of hydrogen-bond donors (Lipinski definition) is 0. The molecular weight excluding hydrogens is 192 g/mol. The summed E-state index contributed by atoms with van der Waals surface area (Å²) in [6.45, 7) is 10.3. The minimum absolute atomic E-state index is 0.155. The third kappa shape index (κ3) is 2.24. The van der Waals surface area contributed by atoms with Crippen LogP contribution in [0.1, 0.15) is 54.7 Å². The molecule has 1 rings (SSSR count). The fraction of sp³-hybridized carbons (Fsp3) is 0.583. The van der Waals surface area contributed by atoms with Gasteiger partial charge in [-0.05, 0) is 24.8 Å². The van der Waals surface area contributed by atoms with Gasteiger partial charge in [-0.2, -0.15) is 0 Å². The Bertz CT molecular complexity index is 342. The Morgan fingerprint density at radius 2 is 2.00 bits per heavy atom. The van der Waals surface area contributed by atoms with Crippen LogP contribution >= 0.6 is 11.3 Å². The van der Waals surface area contributed by atoms with Crippen molar-refractivity contribution in [1.29, 1.82) is 0 Å². The molecule has 0 radical (unpaired) electrons. The van der Waals surface area contributed by atoms with Crippen LogP contribution in [0.25, 0.3) is 0 Å². The molecule has 0 aliphatic heterocycles. The molecule has 0 fully saturated rings. The van der Waals surface area contributed by atoms with Crippen molar-refractivity contribution in [3.8, 4) is 0 Å². The molecule has 0 amide bonds. The van der Waals surface area contributed by atoms with Crippen molar-refractivity contribution in [2.45, 2.75) is 46.5 Å². The van der Waals surface area contributed by atoms with Gasteiger partial charge in [-0.25, -0.2) is 0 Å². The molecule has 0 atom stereocenters. The van der Waals surface area contributed by atoms with E-state index >= 15 is 0 Å². The molecule has 14 heavy (non-hydrogen) atoms. The van der Waals surface area contributed by atoms with Gasteiger partial charge in [0, 0.05) is 15.3 Å². The van der Waals surface area contributed by atoms with Gasteiger partial charge < -0.3 is 0 Å². The first-order valence-electron chi connectivity index (χ1n) is 5.00. The second-order valence-corrected chi connectivity index (χ2v) is 5.74. The van der Waals surface area contributed by atoms with Gasteiger partial charge in [0.25, 0.3) is 0 Å². The summed E-state index contributed by atoms with van der Waals surface area (Å²) in [4.78, 5) is 13.9. The zero-order valence-corrected chi connectivity index (χ0v) is 10.4. The highest BCUT2D eigenvalue weighted by molar-refractivity contribution is 7.12. The fourth-order valence-corrected chi connectivity index (χ4v) is 2.56. The average molecular weight is 210 g/mol. The molecule has 0 spiro atoms. The molecule has 0 N–H and O–H groups in total.